The van der Waals surface area contributed by atoms with Crippen molar-refractivity contribution >= 4 is 43.6 Å². The van der Waals surface area contributed by atoms with E-state index in [2.05, 4.69) is 176 Å². The van der Waals surface area contributed by atoms with E-state index in [9.17, 15) is 10.5 Å². The zero-order valence-corrected chi connectivity index (χ0v) is 32.8. The Morgan fingerprint density at radius 2 is 0.845 bits per heavy atom. The van der Waals surface area contributed by atoms with Gasteiger partial charge in [0.1, 0.15) is 0 Å². The van der Waals surface area contributed by atoms with E-state index in [4.69, 9.17) is 0 Å². The summed E-state index contributed by atoms with van der Waals surface area (Å²) in [6, 6.07) is 60.7. The maximum atomic E-state index is 10.9. The molecule has 0 spiro atoms. The van der Waals surface area contributed by atoms with Crippen LogP contribution in [-0.4, -0.2) is 9.13 Å². The van der Waals surface area contributed by atoms with Crippen molar-refractivity contribution in [3.8, 4) is 56.9 Å². The molecular weight excluding hydrogens is 705 g/mol. The van der Waals surface area contributed by atoms with E-state index in [1.54, 1.807) is 6.07 Å². The van der Waals surface area contributed by atoms with Gasteiger partial charge >= 0.3 is 0 Å². The zero-order chi connectivity index (χ0) is 39.7. The lowest BCUT2D eigenvalue weighted by Gasteiger charge is -2.20. The standard InChI is InChI=1S/C54H38N4/c1-33-20-34(2)23-41(22-33)38-16-18-46-44-12-5-7-14-49(44)57(51(46)27-38)53-29-43(32-56)48(40-11-9-10-37(26-40)31-55)30-54(53)58-50-15-8-6-13-45(50)47-19-17-39(28-52(47)58)42-24-35(3)21-36(4)25-42/h5-30H,1-4H3. The summed E-state index contributed by atoms with van der Waals surface area (Å²) in [5, 5.41) is 25.4. The SMILES string of the molecule is Cc1cc(C)cc(-c2ccc3c4ccccc4n(-c4cc(C#N)c(-c5cccc(C#N)c5)cc4-n4c5ccccc5c5ccc(-c6cc(C)cc(C)c6)cc54)c3c2)c1. The van der Waals surface area contributed by atoms with E-state index in [0.717, 1.165) is 77.2 Å². The van der Waals surface area contributed by atoms with Crippen LogP contribution in [0.3, 0.4) is 0 Å². The summed E-state index contributed by atoms with van der Waals surface area (Å²) in [5.74, 6) is 0. The van der Waals surface area contributed by atoms with E-state index < -0.39 is 0 Å². The topological polar surface area (TPSA) is 57.4 Å². The third-order valence-electron chi connectivity index (χ3n) is 11.5. The lowest BCUT2D eigenvalue weighted by molar-refractivity contribution is 1.09. The molecule has 2 heterocycles. The largest absolute Gasteiger partial charge is 0.307 e. The maximum absolute atomic E-state index is 10.9. The molecule has 2 aromatic heterocycles. The summed E-state index contributed by atoms with van der Waals surface area (Å²) in [5.41, 5.74) is 18.2. The van der Waals surface area contributed by atoms with Crippen molar-refractivity contribution in [3.05, 3.63) is 191 Å². The van der Waals surface area contributed by atoms with Crippen LogP contribution < -0.4 is 0 Å². The van der Waals surface area contributed by atoms with Gasteiger partial charge in [0.25, 0.3) is 0 Å². The average molecular weight is 743 g/mol. The molecule has 10 aromatic rings. The van der Waals surface area contributed by atoms with Crippen LogP contribution in [0.2, 0.25) is 0 Å². The summed E-state index contributed by atoms with van der Waals surface area (Å²) in [4.78, 5) is 0. The maximum Gasteiger partial charge on any atom is 0.0998 e. The first-order valence-electron chi connectivity index (χ1n) is 19.6. The smallest absolute Gasteiger partial charge is 0.0998 e. The van der Waals surface area contributed by atoms with Gasteiger partial charge in [-0.05, 0) is 104 Å². The van der Waals surface area contributed by atoms with Crippen LogP contribution >= 0.6 is 0 Å². The molecule has 0 radical (unpaired) electrons. The Bertz CT molecular complexity index is 3370. The quantitative estimate of drug-likeness (QED) is 0.176. The van der Waals surface area contributed by atoms with Gasteiger partial charge in [0, 0.05) is 27.1 Å². The van der Waals surface area contributed by atoms with Crippen LogP contribution in [0.25, 0.3) is 88.4 Å². The number of aryl methyl sites for hydroxylation is 4. The molecule has 10 rings (SSSR count). The molecule has 0 aliphatic heterocycles. The molecule has 0 fully saturated rings. The van der Waals surface area contributed by atoms with Gasteiger partial charge in [-0.25, -0.2) is 0 Å². The molecule has 0 unspecified atom stereocenters. The Kier molecular flexibility index (Phi) is 8.11. The highest BCUT2D eigenvalue weighted by molar-refractivity contribution is 6.13. The molecule has 274 valence electrons. The van der Waals surface area contributed by atoms with Gasteiger partial charge in [0.15, 0.2) is 0 Å². The number of nitrogens with zero attached hydrogens (tertiary/aromatic N) is 4. The molecule has 0 bridgehead atoms. The fraction of sp³-hybridized carbons (Fsp3) is 0.0741. The number of fused-ring (bicyclic) bond motifs is 6. The summed E-state index contributed by atoms with van der Waals surface area (Å²) in [6.07, 6.45) is 0. The Balaban J connectivity index is 1.36. The van der Waals surface area contributed by atoms with Crippen molar-refractivity contribution in [2.45, 2.75) is 27.7 Å². The van der Waals surface area contributed by atoms with Gasteiger partial charge < -0.3 is 9.13 Å². The summed E-state index contributed by atoms with van der Waals surface area (Å²) in [6.45, 7) is 8.59. The summed E-state index contributed by atoms with van der Waals surface area (Å²) in [7, 11) is 0. The highest BCUT2D eigenvalue weighted by atomic mass is 15.1. The predicted molar refractivity (Wildman–Crippen MR) is 240 cm³/mol. The van der Waals surface area contributed by atoms with Crippen molar-refractivity contribution in [2.75, 3.05) is 0 Å². The molecule has 0 saturated carbocycles. The molecule has 4 heteroatoms. The lowest BCUT2D eigenvalue weighted by Crippen LogP contribution is -2.05. The van der Waals surface area contributed by atoms with Crippen LogP contribution in [0.15, 0.2) is 158 Å². The van der Waals surface area contributed by atoms with E-state index in [1.165, 1.54) is 33.4 Å². The number of para-hydroxylation sites is 2. The van der Waals surface area contributed by atoms with Crippen LogP contribution in [0, 0.1) is 50.4 Å². The minimum atomic E-state index is 0.530. The van der Waals surface area contributed by atoms with E-state index in [0.29, 0.717) is 11.1 Å². The molecule has 0 aliphatic carbocycles. The van der Waals surface area contributed by atoms with Crippen LogP contribution in [0.4, 0.5) is 0 Å². The molecule has 8 aromatic carbocycles. The lowest BCUT2D eigenvalue weighted by atomic mass is 9.96. The monoisotopic (exact) mass is 742 g/mol. The second-order valence-corrected chi connectivity index (χ2v) is 15.6. The third kappa shape index (κ3) is 5.66. The van der Waals surface area contributed by atoms with Gasteiger partial charge in [0.05, 0.1) is 56.7 Å². The van der Waals surface area contributed by atoms with Crippen LogP contribution in [0.5, 0.6) is 0 Å². The Morgan fingerprint density at radius 3 is 1.34 bits per heavy atom. The molecule has 0 aliphatic rings. The molecule has 58 heavy (non-hydrogen) atoms. The van der Waals surface area contributed by atoms with Crippen molar-refractivity contribution in [2.24, 2.45) is 0 Å². The first kappa shape index (κ1) is 34.8. The van der Waals surface area contributed by atoms with Crippen molar-refractivity contribution in [1.82, 2.24) is 9.13 Å². The summed E-state index contributed by atoms with van der Waals surface area (Å²) < 4.78 is 4.72. The fourth-order valence-corrected chi connectivity index (χ4v) is 9.12. The van der Waals surface area contributed by atoms with Crippen LogP contribution in [0.1, 0.15) is 33.4 Å². The van der Waals surface area contributed by atoms with Gasteiger partial charge in [-0.1, -0.05) is 131 Å². The number of benzene rings is 8. The third-order valence-corrected chi connectivity index (χ3v) is 11.5. The molecule has 0 saturated heterocycles. The average Bonchev–Trinajstić information content (AvgIpc) is 3.74. The second-order valence-electron chi connectivity index (χ2n) is 15.6. The van der Waals surface area contributed by atoms with Gasteiger partial charge in [-0.15, -0.1) is 0 Å². The minimum absolute atomic E-state index is 0.530. The van der Waals surface area contributed by atoms with Crippen molar-refractivity contribution in [1.29, 1.82) is 10.5 Å². The molecule has 0 amide bonds. The van der Waals surface area contributed by atoms with Crippen molar-refractivity contribution < 1.29 is 0 Å². The normalized spacial score (nSPS) is 11.4. The predicted octanol–water partition coefficient (Wildman–Crippen LogP) is 13.9. The number of rotatable bonds is 5. The van der Waals surface area contributed by atoms with E-state index in [-0.39, 0.29) is 0 Å². The highest BCUT2D eigenvalue weighted by Gasteiger charge is 2.23. The van der Waals surface area contributed by atoms with E-state index >= 15 is 0 Å². The van der Waals surface area contributed by atoms with Gasteiger partial charge in [0.2, 0.25) is 0 Å². The number of aromatic nitrogens is 2. The van der Waals surface area contributed by atoms with Crippen LogP contribution in [-0.2, 0) is 0 Å². The summed E-state index contributed by atoms with van der Waals surface area (Å²) >= 11 is 0. The highest BCUT2D eigenvalue weighted by Crippen LogP contribution is 2.42. The van der Waals surface area contributed by atoms with Crippen molar-refractivity contribution in [3.63, 3.8) is 0 Å². The van der Waals surface area contributed by atoms with Gasteiger partial charge in [-0.2, -0.15) is 10.5 Å². The first-order valence-corrected chi connectivity index (χ1v) is 19.6. The van der Waals surface area contributed by atoms with E-state index in [1.807, 2.05) is 24.3 Å². The second kappa shape index (κ2) is 13.5. The molecular formula is C54H38N4. The minimum Gasteiger partial charge on any atom is -0.307 e. The number of hydrogen-bond donors (Lipinski definition) is 0. The molecule has 4 nitrogen and oxygen atoms in total. The Hall–Kier alpha value is -7.66. The first-order chi connectivity index (χ1) is 28.3. The number of nitriles is 2. The fourth-order valence-electron chi connectivity index (χ4n) is 9.12. The Morgan fingerprint density at radius 1 is 0.362 bits per heavy atom. The molecule has 0 N–H and O–H groups in total. The zero-order valence-electron chi connectivity index (χ0n) is 32.8. The van der Waals surface area contributed by atoms with Gasteiger partial charge in [-0.3, -0.25) is 0 Å². The Labute approximate surface area is 337 Å². The number of hydrogen-bond acceptors (Lipinski definition) is 2. The molecule has 0 atom stereocenters.